The molecule has 0 heterocycles. The van der Waals surface area contributed by atoms with Gasteiger partial charge in [-0.2, -0.15) is 0 Å². The second-order valence-corrected chi connectivity index (χ2v) is 7.35. The standard InChI is InChI=1S/C25H24O/c1-15-16(2)18(4)25(17(15)3)22-12-8-7-11-21(22)23-13-19-9-5-6-10-20(19)14-24(23)26/h5-14,25-26H,1-4H3. The van der Waals surface area contributed by atoms with Gasteiger partial charge in [-0.15, -0.1) is 0 Å². The number of phenolic OH excluding ortho intramolecular Hbond substituents is 1. The molecule has 0 atom stereocenters. The average Bonchev–Trinajstić information content (AvgIpc) is 2.84. The average molecular weight is 340 g/mol. The van der Waals surface area contributed by atoms with Crippen LogP contribution >= 0.6 is 0 Å². The monoisotopic (exact) mass is 340 g/mol. The molecular weight excluding hydrogens is 316 g/mol. The van der Waals surface area contributed by atoms with Crippen molar-refractivity contribution in [2.75, 3.05) is 0 Å². The summed E-state index contributed by atoms with van der Waals surface area (Å²) in [5, 5.41) is 12.9. The largest absolute Gasteiger partial charge is 0.507 e. The molecule has 0 aromatic heterocycles. The Morgan fingerprint density at radius 2 is 1.19 bits per heavy atom. The fourth-order valence-electron chi connectivity index (χ4n) is 4.25. The lowest BCUT2D eigenvalue weighted by molar-refractivity contribution is 0.478. The maximum Gasteiger partial charge on any atom is 0.124 e. The van der Waals surface area contributed by atoms with Crippen LogP contribution in [-0.2, 0) is 0 Å². The summed E-state index contributed by atoms with van der Waals surface area (Å²) in [5.41, 5.74) is 8.89. The first-order valence-electron chi connectivity index (χ1n) is 9.15. The van der Waals surface area contributed by atoms with Crippen LogP contribution in [0.15, 0.2) is 83.0 Å². The molecule has 0 saturated heterocycles. The van der Waals surface area contributed by atoms with E-state index in [1.165, 1.54) is 27.9 Å². The Bertz CT molecular complexity index is 1060. The van der Waals surface area contributed by atoms with Crippen LogP contribution in [0.1, 0.15) is 39.2 Å². The number of fused-ring (bicyclic) bond motifs is 1. The van der Waals surface area contributed by atoms with Crippen LogP contribution in [0.5, 0.6) is 5.75 Å². The predicted molar refractivity (Wildman–Crippen MR) is 111 cm³/mol. The molecule has 0 radical (unpaired) electrons. The Kier molecular flexibility index (Phi) is 3.96. The van der Waals surface area contributed by atoms with Gasteiger partial charge in [-0.3, -0.25) is 0 Å². The molecular formula is C25H24O. The van der Waals surface area contributed by atoms with Crippen molar-refractivity contribution in [2.45, 2.75) is 33.6 Å². The first kappa shape index (κ1) is 16.7. The number of allylic oxidation sites excluding steroid dienone is 4. The normalized spacial score (nSPS) is 15.4. The third-order valence-electron chi connectivity index (χ3n) is 6.04. The van der Waals surface area contributed by atoms with Crippen LogP contribution in [0.25, 0.3) is 21.9 Å². The Hall–Kier alpha value is -2.80. The summed E-state index contributed by atoms with van der Waals surface area (Å²) in [6.07, 6.45) is 0. The topological polar surface area (TPSA) is 20.2 Å². The summed E-state index contributed by atoms with van der Waals surface area (Å²) in [7, 11) is 0. The van der Waals surface area contributed by atoms with Crippen molar-refractivity contribution in [3.63, 3.8) is 0 Å². The van der Waals surface area contributed by atoms with E-state index in [4.69, 9.17) is 0 Å². The zero-order valence-electron chi connectivity index (χ0n) is 15.8. The van der Waals surface area contributed by atoms with E-state index in [2.05, 4.69) is 64.1 Å². The summed E-state index contributed by atoms with van der Waals surface area (Å²) in [6, 6.07) is 20.6. The molecule has 0 unspecified atom stereocenters. The van der Waals surface area contributed by atoms with Crippen molar-refractivity contribution in [1.82, 2.24) is 0 Å². The highest BCUT2D eigenvalue weighted by atomic mass is 16.3. The van der Waals surface area contributed by atoms with Crippen LogP contribution < -0.4 is 0 Å². The summed E-state index contributed by atoms with van der Waals surface area (Å²) >= 11 is 0. The molecule has 0 fully saturated rings. The lowest BCUT2D eigenvalue weighted by Gasteiger charge is -2.20. The lowest BCUT2D eigenvalue weighted by atomic mass is 9.83. The van der Waals surface area contributed by atoms with Gasteiger partial charge in [0.25, 0.3) is 0 Å². The van der Waals surface area contributed by atoms with Crippen molar-refractivity contribution < 1.29 is 5.11 Å². The van der Waals surface area contributed by atoms with Gasteiger partial charge >= 0.3 is 0 Å². The molecule has 130 valence electrons. The lowest BCUT2D eigenvalue weighted by Crippen LogP contribution is -2.02. The molecule has 0 bridgehead atoms. The highest BCUT2D eigenvalue weighted by molar-refractivity contribution is 5.91. The van der Waals surface area contributed by atoms with Gasteiger partial charge in [-0.25, -0.2) is 0 Å². The fraction of sp³-hybridized carbons (Fsp3) is 0.200. The second kappa shape index (κ2) is 6.17. The van der Waals surface area contributed by atoms with Gasteiger partial charge in [0.05, 0.1) is 0 Å². The van der Waals surface area contributed by atoms with E-state index in [-0.39, 0.29) is 5.92 Å². The molecule has 0 aliphatic heterocycles. The summed E-state index contributed by atoms with van der Waals surface area (Å²) in [6.45, 7) is 8.89. The van der Waals surface area contributed by atoms with E-state index in [1.807, 2.05) is 24.3 Å². The van der Waals surface area contributed by atoms with E-state index in [9.17, 15) is 5.11 Å². The van der Waals surface area contributed by atoms with E-state index in [1.54, 1.807) is 0 Å². The van der Waals surface area contributed by atoms with E-state index < -0.39 is 0 Å². The van der Waals surface area contributed by atoms with Gasteiger partial charge in [-0.1, -0.05) is 59.7 Å². The van der Waals surface area contributed by atoms with Crippen molar-refractivity contribution >= 4 is 10.8 Å². The Labute approximate surface area is 155 Å². The summed E-state index contributed by atoms with van der Waals surface area (Å²) in [5.74, 6) is 0.628. The third kappa shape index (κ3) is 2.47. The van der Waals surface area contributed by atoms with Crippen molar-refractivity contribution in [3.8, 4) is 16.9 Å². The highest BCUT2D eigenvalue weighted by Gasteiger charge is 2.28. The minimum Gasteiger partial charge on any atom is -0.507 e. The molecule has 0 amide bonds. The Balaban J connectivity index is 1.95. The minimum atomic E-state index is 0.289. The van der Waals surface area contributed by atoms with Gasteiger partial charge in [-0.05, 0) is 72.9 Å². The van der Waals surface area contributed by atoms with Gasteiger partial charge in [0.15, 0.2) is 0 Å². The number of hydrogen-bond acceptors (Lipinski definition) is 1. The van der Waals surface area contributed by atoms with Gasteiger partial charge in [0.2, 0.25) is 0 Å². The third-order valence-corrected chi connectivity index (χ3v) is 6.04. The number of phenols is 1. The van der Waals surface area contributed by atoms with Crippen molar-refractivity contribution in [3.05, 3.63) is 88.5 Å². The molecule has 0 saturated carbocycles. The van der Waals surface area contributed by atoms with Crippen LogP contribution in [0, 0.1) is 0 Å². The molecule has 0 spiro atoms. The van der Waals surface area contributed by atoms with E-state index in [0.717, 1.165) is 21.9 Å². The molecule has 1 aliphatic carbocycles. The van der Waals surface area contributed by atoms with E-state index in [0.29, 0.717) is 5.75 Å². The van der Waals surface area contributed by atoms with Crippen LogP contribution in [0.2, 0.25) is 0 Å². The number of aromatic hydroxyl groups is 1. The Morgan fingerprint density at radius 1 is 0.654 bits per heavy atom. The smallest absolute Gasteiger partial charge is 0.124 e. The molecule has 3 aromatic carbocycles. The molecule has 26 heavy (non-hydrogen) atoms. The van der Waals surface area contributed by atoms with Gasteiger partial charge in [0, 0.05) is 11.5 Å². The van der Waals surface area contributed by atoms with Crippen molar-refractivity contribution in [2.24, 2.45) is 0 Å². The summed E-state index contributed by atoms with van der Waals surface area (Å²) < 4.78 is 0. The minimum absolute atomic E-state index is 0.289. The molecule has 3 aromatic rings. The zero-order valence-corrected chi connectivity index (χ0v) is 15.8. The molecule has 1 nitrogen and oxygen atoms in total. The second-order valence-electron chi connectivity index (χ2n) is 7.35. The molecule has 1 aliphatic rings. The van der Waals surface area contributed by atoms with Crippen LogP contribution in [0.3, 0.4) is 0 Å². The number of benzene rings is 3. The quantitative estimate of drug-likeness (QED) is 0.533. The van der Waals surface area contributed by atoms with Crippen molar-refractivity contribution in [1.29, 1.82) is 0 Å². The van der Waals surface area contributed by atoms with Crippen LogP contribution in [0.4, 0.5) is 0 Å². The Morgan fingerprint density at radius 3 is 1.85 bits per heavy atom. The highest BCUT2D eigenvalue weighted by Crippen LogP contribution is 2.47. The molecule has 1 N–H and O–H groups in total. The molecule has 4 rings (SSSR count). The predicted octanol–water partition coefficient (Wildman–Crippen LogP) is 6.98. The first-order chi connectivity index (χ1) is 12.5. The van der Waals surface area contributed by atoms with Gasteiger partial charge in [0.1, 0.15) is 5.75 Å². The van der Waals surface area contributed by atoms with E-state index >= 15 is 0 Å². The maximum absolute atomic E-state index is 10.7. The number of hydrogen-bond donors (Lipinski definition) is 1. The molecule has 1 heteroatoms. The van der Waals surface area contributed by atoms with Crippen LogP contribution in [-0.4, -0.2) is 5.11 Å². The SMILES string of the molecule is CC1=C(C)C(c2ccccc2-c2cc3ccccc3cc2O)C(C)=C1C. The first-order valence-corrected chi connectivity index (χ1v) is 9.15. The zero-order chi connectivity index (χ0) is 18.4. The fourth-order valence-corrected chi connectivity index (χ4v) is 4.25. The summed E-state index contributed by atoms with van der Waals surface area (Å²) in [4.78, 5) is 0. The maximum atomic E-state index is 10.7. The number of rotatable bonds is 2. The van der Waals surface area contributed by atoms with Gasteiger partial charge < -0.3 is 5.11 Å².